The zero-order valence-electron chi connectivity index (χ0n) is 28.1. The van der Waals surface area contributed by atoms with Gasteiger partial charge in [-0.15, -0.1) is 0 Å². The summed E-state index contributed by atoms with van der Waals surface area (Å²) in [6.45, 7) is 16.2. The number of carbonyl (C=O) groups is 6. The van der Waals surface area contributed by atoms with E-state index in [2.05, 4.69) is 10.6 Å². The molecule has 0 heterocycles. The van der Waals surface area contributed by atoms with Gasteiger partial charge in [0.05, 0.1) is 31.9 Å². The predicted octanol–water partition coefficient (Wildman–Crippen LogP) is 2.01. The Morgan fingerprint density at radius 3 is 1.75 bits per heavy atom. The predicted molar refractivity (Wildman–Crippen MR) is 165 cm³/mol. The van der Waals surface area contributed by atoms with E-state index in [1.807, 2.05) is 34.6 Å². The summed E-state index contributed by atoms with van der Waals surface area (Å²) in [5, 5.41) is 5.16. The van der Waals surface area contributed by atoms with E-state index in [9.17, 15) is 28.8 Å². The van der Waals surface area contributed by atoms with Crippen LogP contribution in [-0.2, 0) is 43.0 Å². The largest absolute Gasteiger partial charge is 0.466 e. The third-order valence-electron chi connectivity index (χ3n) is 6.84. The van der Waals surface area contributed by atoms with Crippen LogP contribution in [0.2, 0.25) is 0 Å². The molecule has 0 aromatic rings. The maximum absolute atomic E-state index is 13.2. The van der Waals surface area contributed by atoms with Crippen LogP contribution in [0.25, 0.3) is 0 Å². The highest BCUT2D eigenvalue weighted by Crippen LogP contribution is 2.22. The lowest BCUT2D eigenvalue weighted by atomic mass is 9.86. The van der Waals surface area contributed by atoms with E-state index in [4.69, 9.17) is 19.9 Å². The van der Waals surface area contributed by atoms with Gasteiger partial charge in [0.1, 0.15) is 12.1 Å². The summed E-state index contributed by atoms with van der Waals surface area (Å²) >= 11 is 0. The van der Waals surface area contributed by atoms with Gasteiger partial charge in [-0.1, -0.05) is 40.7 Å². The molecule has 0 saturated carbocycles. The second kappa shape index (κ2) is 19.7. The Morgan fingerprint density at radius 1 is 0.818 bits per heavy atom. The van der Waals surface area contributed by atoms with E-state index >= 15 is 0 Å². The number of likely N-dealkylation sites (N-methyl/N-ethyl adjacent to an activating group) is 1. The number of esters is 3. The van der Waals surface area contributed by atoms with E-state index in [-0.39, 0.29) is 62.9 Å². The number of nitrogens with zero attached hydrogens (tertiary/aromatic N) is 1. The molecular weight excluding hydrogens is 572 g/mol. The van der Waals surface area contributed by atoms with E-state index in [1.165, 1.54) is 4.90 Å². The minimum absolute atomic E-state index is 0.0277. The molecule has 3 amide bonds. The summed E-state index contributed by atoms with van der Waals surface area (Å²) in [6.07, 6.45) is 1.16. The highest BCUT2D eigenvalue weighted by molar-refractivity contribution is 5.96. The van der Waals surface area contributed by atoms with Gasteiger partial charge in [0.15, 0.2) is 0 Å². The topological polar surface area (TPSA) is 183 Å². The molecule has 0 spiro atoms. The van der Waals surface area contributed by atoms with Gasteiger partial charge in [-0.05, 0) is 51.9 Å². The maximum Gasteiger partial charge on any atom is 0.328 e. The Morgan fingerprint density at radius 2 is 1.30 bits per heavy atom. The van der Waals surface area contributed by atoms with Gasteiger partial charge >= 0.3 is 17.9 Å². The number of nitrogens with two attached hydrogens (primary N) is 1. The normalized spacial score (nSPS) is 14.5. The fourth-order valence-corrected chi connectivity index (χ4v) is 4.11. The Bertz CT molecular complexity index is 1020. The molecule has 4 atom stereocenters. The summed E-state index contributed by atoms with van der Waals surface area (Å²) in [5.41, 5.74) is 5.99. The van der Waals surface area contributed by atoms with Crippen LogP contribution in [0.3, 0.4) is 0 Å². The molecule has 4 N–H and O–H groups in total. The summed E-state index contributed by atoms with van der Waals surface area (Å²) in [7, 11) is 1.64. The van der Waals surface area contributed by atoms with Crippen molar-refractivity contribution in [3.05, 3.63) is 11.6 Å². The number of rotatable bonds is 18. The Hall–Kier alpha value is -3.48. The SMILES string of the molecule is CCOC(=O)CC[C@@H](NC(=O)CC[C@@H](NC(=O)/C(C)=C/[C@H](C(C)C)N(C)C(=O)C(N)C(C)(C)C)C(=O)OCC)C(=O)OCC. The summed E-state index contributed by atoms with van der Waals surface area (Å²) < 4.78 is 15.0. The fraction of sp³-hybridized carbons (Fsp3) is 0.742. The van der Waals surface area contributed by atoms with Crippen molar-refractivity contribution in [3.63, 3.8) is 0 Å². The van der Waals surface area contributed by atoms with Crippen molar-refractivity contribution in [3.8, 4) is 0 Å². The molecule has 252 valence electrons. The lowest BCUT2D eigenvalue weighted by molar-refractivity contribution is -0.149. The highest BCUT2D eigenvalue weighted by atomic mass is 16.5. The number of nitrogens with one attached hydrogen (secondary N) is 2. The average Bonchev–Trinajstić information content (AvgIpc) is 2.94. The molecule has 44 heavy (non-hydrogen) atoms. The highest BCUT2D eigenvalue weighted by Gasteiger charge is 2.33. The smallest absolute Gasteiger partial charge is 0.328 e. The molecule has 0 aliphatic rings. The molecule has 0 aromatic carbocycles. The average molecular weight is 627 g/mol. The molecular formula is C31H54N4O9. The first-order chi connectivity index (χ1) is 20.4. The van der Waals surface area contributed by atoms with E-state index in [1.54, 1.807) is 40.8 Å². The standard InChI is InChI=1S/C31H54N4O9/c1-11-42-25(37)17-15-21(29(40)43-12-2)33-24(36)16-14-22(30(41)44-13-3)34-27(38)20(6)18-23(19(4)5)35(10)28(39)26(32)31(7,8)9/h18-19,21-23,26H,11-17,32H2,1-10H3,(H,33,36)(H,34,38)/b20-18+/t21-,22-,23-,26?/m1/s1. The number of hydrogen-bond acceptors (Lipinski definition) is 10. The molecule has 13 nitrogen and oxygen atoms in total. The molecule has 0 radical (unpaired) electrons. The maximum atomic E-state index is 13.2. The quantitative estimate of drug-likeness (QED) is 0.116. The summed E-state index contributed by atoms with van der Waals surface area (Å²) in [4.78, 5) is 77.3. The van der Waals surface area contributed by atoms with E-state index in [0.717, 1.165) is 0 Å². The van der Waals surface area contributed by atoms with Crippen LogP contribution in [0.5, 0.6) is 0 Å². The van der Waals surface area contributed by atoms with Crippen LogP contribution in [0.15, 0.2) is 11.6 Å². The Kier molecular flexibility index (Phi) is 18.2. The molecule has 0 fully saturated rings. The van der Waals surface area contributed by atoms with E-state index in [0.29, 0.717) is 0 Å². The molecule has 1 unspecified atom stereocenters. The van der Waals surface area contributed by atoms with Crippen molar-refractivity contribution < 1.29 is 43.0 Å². The lowest BCUT2D eigenvalue weighted by Gasteiger charge is -2.35. The molecule has 0 bridgehead atoms. The molecule has 0 saturated heterocycles. The van der Waals surface area contributed by atoms with Gasteiger partial charge in [-0.25, -0.2) is 9.59 Å². The molecule has 0 rings (SSSR count). The van der Waals surface area contributed by atoms with Gasteiger partial charge in [0.25, 0.3) is 0 Å². The van der Waals surface area contributed by atoms with Crippen LogP contribution >= 0.6 is 0 Å². The first-order valence-electron chi connectivity index (χ1n) is 15.2. The van der Waals surface area contributed by atoms with Crippen LogP contribution in [0.1, 0.15) is 88.0 Å². The first-order valence-corrected chi connectivity index (χ1v) is 15.2. The lowest BCUT2D eigenvalue weighted by Crippen LogP contribution is -2.52. The van der Waals surface area contributed by atoms with Crippen molar-refractivity contribution in [1.29, 1.82) is 0 Å². The zero-order chi connectivity index (χ0) is 34.2. The van der Waals surface area contributed by atoms with Gasteiger partial charge in [0.2, 0.25) is 17.7 Å². The van der Waals surface area contributed by atoms with Crippen molar-refractivity contribution >= 4 is 35.6 Å². The number of ether oxygens (including phenoxy) is 3. The van der Waals surface area contributed by atoms with Crippen molar-refractivity contribution in [2.75, 3.05) is 26.9 Å². The van der Waals surface area contributed by atoms with Crippen LogP contribution in [0, 0.1) is 11.3 Å². The first kappa shape index (κ1) is 40.5. The summed E-state index contributed by atoms with van der Waals surface area (Å²) in [6, 6.07) is -3.46. The van der Waals surface area contributed by atoms with Crippen LogP contribution < -0.4 is 16.4 Å². The monoisotopic (exact) mass is 626 g/mol. The second-order valence-electron chi connectivity index (χ2n) is 11.9. The number of amides is 3. The molecule has 13 heteroatoms. The zero-order valence-corrected chi connectivity index (χ0v) is 28.1. The minimum Gasteiger partial charge on any atom is -0.466 e. The molecule has 0 aromatic heterocycles. The van der Waals surface area contributed by atoms with Crippen LogP contribution in [0.4, 0.5) is 0 Å². The number of carbonyl (C=O) groups excluding carboxylic acids is 6. The Labute approximate surface area is 262 Å². The fourth-order valence-electron chi connectivity index (χ4n) is 4.11. The second-order valence-corrected chi connectivity index (χ2v) is 11.9. The molecule has 0 aliphatic carbocycles. The van der Waals surface area contributed by atoms with Crippen molar-refractivity contribution in [2.24, 2.45) is 17.1 Å². The van der Waals surface area contributed by atoms with Gasteiger partial charge in [-0.2, -0.15) is 0 Å². The number of hydrogen-bond donors (Lipinski definition) is 3. The van der Waals surface area contributed by atoms with Gasteiger partial charge in [-0.3, -0.25) is 19.2 Å². The van der Waals surface area contributed by atoms with Crippen LogP contribution in [-0.4, -0.2) is 91.6 Å². The molecule has 0 aliphatic heterocycles. The van der Waals surface area contributed by atoms with Gasteiger partial charge < -0.3 is 35.5 Å². The van der Waals surface area contributed by atoms with Gasteiger partial charge in [0, 0.05) is 25.5 Å². The third-order valence-corrected chi connectivity index (χ3v) is 6.84. The third kappa shape index (κ3) is 14.3. The Balaban J connectivity index is 5.69. The summed E-state index contributed by atoms with van der Waals surface area (Å²) in [5.74, 6) is -3.43. The van der Waals surface area contributed by atoms with Crippen molar-refractivity contribution in [1.82, 2.24) is 15.5 Å². The van der Waals surface area contributed by atoms with Crippen molar-refractivity contribution in [2.45, 2.75) is 112 Å². The minimum atomic E-state index is -1.16. The van der Waals surface area contributed by atoms with E-state index < -0.39 is 59.3 Å².